The molecule has 0 spiro atoms. The van der Waals surface area contributed by atoms with Gasteiger partial charge in [-0.25, -0.2) is 0 Å². The van der Waals surface area contributed by atoms with Gasteiger partial charge in [-0.2, -0.15) is 4.98 Å². The number of piperidine rings is 1. The minimum atomic E-state index is 0.123. The molecule has 2 atom stereocenters. The summed E-state index contributed by atoms with van der Waals surface area (Å²) >= 11 is 0. The molecule has 2 N–H and O–H groups in total. The third-order valence-electron chi connectivity index (χ3n) is 4.39. The Kier molecular flexibility index (Phi) is 4.53. The van der Waals surface area contributed by atoms with Gasteiger partial charge in [0.1, 0.15) is 0 Å². The lowest BCUT2D eigenvalue weighted by atomic mass is 9.94. The van der Waals surface area contributed by atoms with Gasteiger partial charge >= 0.3 is 0 Å². The molecule has 2 fully saturated rings. The Balaban J connectivity index is 1.36. The number of aryl methyl sites for hydroxylation is 1. The first kappa shape index (κ1) is 14.5. The average molecular weight is 292 g/mol. The van der Waals surface area contributed by atoms with Gasteiger partial charge in [0.25, 0.3) is 0 Å². The third-order valence-corrected chi connectivity index (χ3v) is 4.39. The maximum Gasteiger partial charge on any atom is 0.226 e. The summed E-state index contributed by atoms with van der Waals surface area (Å²) in [4.78, 5) is 16.3. The van der Waals surface area contributed by atoms with Crippen molar-refractivity contribution in [1.82, 2.24) is 20.8 Å². The van der Waals surface area contributed by atoms with Crippen LogP contribution in [0.5, 0.6) is 0 Å². The van der Waals surface area contributed by atoms with Crippen molar-refractivity contribution in [3.05, 3.63) is 11.7 Å². The highest BCUT2D eigenvalue weighted by Crippen LogP contribution is 2.38. The van der Waals surface area contributed by atoms with Crippen LogP contribution in [0.3, 0.4) is 0 Å². The minimum Gasteiger partial charge on any atom is -0.352 e. The van der Waals surface area contributed by atoms with E-state index in [1.165, 1.54) is 12.8 Å². The molecule has 0 aromatic carbocycles. The Bertz CT molecular complexity index is 484. The van der Waals surface area contributed by atoms with Gasteiger partial charge in [-0.3, -0.25) is 4.79 Å². The van der Waals surface area contributed by atoms with Crippen molar-refractivity contribution in [3.8, 4) is 0 Å². The predicted octanol–water partition coefficient (Wildman–Crippen LogP) is 1.38. The molecule has 1 amide bonds. The number of amides is 1. The van der Waals surface area contributed by atoms with Crippen molar-refractivity contribution in [2.24, 2.45) is 5.92 Å². The van der Waals surface area contributed by atoms with Crippen LogP contribution in [0, 0.1) is 5.92 Å². The second kappa shape index (κ2) is 6.56. The smallest absolute Gasteiger partial charge is 0.226 e. The zero-order chi connectivity index (χ0) is 14.7. The van der Waals surface area contributed by atoms with Crippen molar-refractivity contribution in [2.75, 3.05) is 13.1 Å². The molecule has 2 heterocycles. The van der Waals surface area contributed by atoms with E-state index in [0.29, 0.717) is 30.6 Å². The van der Waals surface area contributed by atoms with E-state index in [2.05, 4.69) is 27.7 Å². The van der Waals surface area contributed by atoms with Crippen molar-refractivity contribution < 1.29 is 9.32 Å². The van der Waals surface area contributed by atoms with E-state index < -0.39 is 0 Å². The highest BCUT2D eigenvalue weighted by Gasteiger charge is 2.28. The summed E-state index contributed by atoms with van der Waals surface area (Å²) in [6, 6.07) is 0.260. The van der Waals surface area contributed by atoms with Crippen molar-refractivity contribution in [3.63, 3.8) is 0 Å². The fourth-order valence-corrected chi connectivity index (χ4v) is 2.74. The summed E-state index contributed by atoms with van der Waals surface area (Å²) < 4.78 is 5.21. The predicted molar refractivity (Wildman–Crippen MR) is 77.8 cm³/mol. The van der Waals surface area contributed by atoms with Gasteiger partial charge in [-0.05, 0) is 38.1 Å². The molecular formula is C15H24N4O2. The molecule has 0 radical (unpaired) electrons. The highest BCUT2D eigenvalue weighted by atomic mass is 16.5. The summed E-state index contributed by atoms with van der Waals surface area (Å²) in [6.45, 7) is 4.12. The molecule has 3 rings (SSSR count). The molecule has 1 aromatic heterocycles. The number of rotatable bonds is 6. The molecule has 6 heteroatoms. The zero-order valence-electron chi connectivity index (χ0n) is 12.6. The van der Waals surface area contributed by atoms with E-state index in [-0.39, 0.29) is 11.9 Å². The Morgan fingerprint density at radius 1 is 1.43 bits per heavy atom. The lowest BCUT2D eigenvalue weighted by Crippen LogP contribution is -2.50. The SMILES string of the molecule is CC1CCNCC1NC(=O)CCCc1nc(C2CC2)no1. The van der Waals surface area contributed by atoms with Gasteiger partial charge < -0.3 is 15.2 Å². The van der Waals surface area contributed by atoms with Crippen LogP contribution in [-0.4, -0.2) is 35.2 Å². The number of nitrogens with one attached hydrogen (secondary N) is 2. The summed E-state index contributed by atoms with van der Waals surface area (Å²) in [6.07, 6.45) is 5.43. The number of carbonyl (C=O) groups excluding carboxylic acids is 1. The van der Waals surface area contributed by atoms with Crippen LogP contribution in [0.25, 0.3) is 0 Å². The Labute approximate surface area is 125 Å². The van der Waals surface area contributed by atoms with E-state index in [9.17, 15) is 4.79 Å². The van der Waals surface area contributed by atoms with E-state index >= 15 is 0 Å². The zero-order valence-corrected chi connectivity index (χ0v) is 12.6. The van der Waals surface area contributed by atoms with E-state index in [1.54, 1.807) is 0 Å². The largest absolute Gasteiger partial charge is 0.352 e. The summed E-state index contributed by atoms with van der Waals surface area (Å²) in [5.74, 6) is 2.70. The van der Waals surface area contributed by atoms with Crippen molar-refractivity contribution in [1.29, 1.82) is 0 Å². The fraction of sp³-hybridized carbons (Fsp3) is 0.800. The first-order valence-corrected chi connectivity index (χ1v) is 8.05. The number of nitrogens with zero attached hydrogens (tertiary/aromatic N) is 2. The molecular weight excluding hydrogens is 268 g/mol. The lowest BCUT2D eigenvalue weighted by molar-refractivity contribution is -0.122. The normalized spacial score (nSPS) is 25.8. The van der Waals surface area contributed by atoms with Gasteiger partial charge in [0.05, 0.1) is 0 Å². The maximum atomic E-state index is 12.0. The fourth-order valence-electron chi connectivity index (χ4n) is 2.74. The Morgan fingerprint density at radius 3 is 3.05 bits per heavy atom. The molecule has 1 aliphatic heterocycles. The van der Waals surface area contributed by atoms with Crippen LogP contribution < -0.4 is 10.6 Å². The first-order valence-electron chi connectivity index (χ1n) is 8.05. The number of hydrogen-bond donors (Lipinski definition) is 2. The van der Waals surface area contributed by atoms with Gasteiger partial charge in [0, 0.05) is 31.3 Å². The minimum absolute atomic E-state index is 0.123. The van der Waals surface area contributed by atoms with E-state index in [0.717, 1.165) is 31.8 Å². The summed E-state index contributed by atoms with van der Waals surface area (Å²) in [5.41, 5.74) is 0. The van der Waals surface area contributed by atoms with Gasteiger partial charge in [0.15, 0.2) is 5.82 Å². The van der Waals surface area contributed by atoms with Crippen LogP contribution in [0.4, 0.5) is 0 Å². The lowest BCUT2D eigenvalue weighted by Gasteiger charge is -2.30. The van der Waals surface area contributed by atoms with Crippen LogP contribution in [0.2, 0.25) is 0 Å². The summed E-state index contributed by atoms with van der Waals surface area (Å²) in [5, 5.41) is 10.4. The molecule has 1 aromatic rings. The maximum absolute atomic E-state index is 12.0. The monoisotopic (exact) mass is 292 g/mol. The van der Waals surface area contributed by atoms with E-state index in [1.807, 2.05) is 0 Å². The second-order valence-corrected chi connectivity index (χ2v) is 6.32. The number of carbonyl (C=O) groups is 1. The first-order chi connectivity index (χ1) is 10.2. The number of hydrogen-bond acceptors (Lipinski definition) is 5. The van der Waals surface area contributed by atoms with Gasteiger partial charge in [-0.15, -0.1) is 0 Å². The number of aromatic nitrogens is 2. The van der Waals surface area contributed by atoms with Crippen LogP contribution in [0.1, 0.15) is 56.7 Å². The topological polar surface area (TPSA) is 80.0 Å². The molecule has 1 saturated heterocycles. The summed E-state index contributed by atoms with van der Waals surface area (Å²) in [7, 11) is 0. The van der Waals surface area contributed by atoms with Gasteiger partial charge in [-0.1, -0.05) is 12.1 Å². The van der Waals surface area contributed by atoms with Crippen molar-refractivity contribution >= 4 is 5.91 Å². The Morgan fingerprint density at radius 2 is 2.29 bits per heavy atom. The van der Waals surface area contributed by atoms with Crippen molar-refractivity contribution in [2.45, 2.75) is 57.4 Å². The molecule has 2 aliphatic rings. The average Bonchev–Trinajstić information content (AvgIpc) is 3.22. The molecule has 116 valence electrons. The Hall–Kier alpha value is -1.43. The molecule has 0 bridgehead atoms. The molecule has 21 heavy (non-hydrogen) atoms. The molecule has 2 unspecified atom stereocenters. The second-order valence-electron chi connectivity index (χ2n) is 6.32. The standard InChI is InChI=1S/C15H24N4O2/c1-10-7-8-16-9-12(10)17-13(20)3-2-4-14-18-15(19-21-14)11-5-6-11/h10-12,16H,2-9H2,1H3,(H,17,20). The van der Waals surface area contributed by atoms with E-state index in [4.69, 9.17) is 4.52 Å². The molecule has 1 saturated carbocycles. The van der Waals surface area contributed by atoms with Gasteiger partial charge in [0.2, 0.25) is 11.8 Å². The molecule has 6 nitrogen and oxygen atoms in total. The van der Waals surface area contributed by atoms with Crippen LogP contribution in [-0.2, 0) is 11.2 Å². The van der Waals surface area contributed by atoms with Crippen LogP contribution >= 0.6 is 0 Å². The highest BCUT2D eigenvalue weighted by molar-refractivity contribution is 5.76. The van der Waals surface area contributed by atoms with Crippen LogP contribution in [0.15, 0.2) is 4.52 Å². The third kappa shape index (κ3) is 4.03. The molecule has 1 aliphatic carbocycles. The quantitative estimate of drug-likeness (QED) is 0.828.